The van der Waals surface area contributed by atoms with Gasteiger partial charge in [-0.25, -0.2) is 0 Å². The molecule has 18 nitrogen and oxygen atoms in total. The SMILES string of the molecule is CC[C@H]1OC(=O)[C@H](C)C(=O)[C@H](C)[C@@H](O[C@@H]2O[C@H](C)C[C@H](N(C)Cc3ccc(-c4cn(CCCCCCC(=O)Nc5ccccc5N)nn4)cc3)[C@H]2OC(C)=O)[C@](C)(OC)C[C@@H](C)C(=O)[C@H](C)[C@@H](O)[C@]1(C)O. The Labute approximate surface area is 418 Å². The van der Waals surface area contributed by atoms with Gasteiger partial charge in [-0.2, -0.15) is 0 Å². The molecule has 2 saturated heterocycles. The lowest BCUT2D eigenvalue weighted by Crippen LogP contribution is -2.61. The minimum Gasteiger partial charge on any atom is -0.459 e. The Bertz CT molecular complexity index is 2270. The molecular formula is C53H78N6O12. The monoisotopic (exact) mass is 991 g/mol. The summed E-state index contributed by atoms with van der Waals surface area (Å²) >= 11 is 0. The third kappa shape index (κ3) is 14.3. The Hall–Kier alpha value is -5.11. The Balaban J connectivity index is 1.28. The number of nitrogen functional groups attached to an aromatic ring is 1. The number of para-hydroxylation sites is 2. The fourth-order valence-corrected chi connectivity index (χ4v) is 10.1. The van der Waals surface area contributed by atoms with Crippen LogP contribution in [0, 0.1) is 23.7 Å². The highest BCUT2D eigenvalue weighted by Gasteiger charge is 2.52. The van der Waals surface area contributed by atoms with E-state index in [-0.39, 0.29) is 24.5 Å². The first-order chi connectivity index (χ1) is 33.5. The van der Waals surface area contributed by atoms with Gasteiger partial charge in [-0.3, -0.25) is 33.6 Å². The molecule has 0 saturated carbocycles. The van der Waals surface area contributed by atoms with Crippen LogP contribution in [0.1, 0.15) is 119 Å². The third-order valence-electron chi connectivity index (χ3n) is 14.5. The number of Topliss-reactive ketones (excluding diaryl/α,β-unsaturated/α-hetero) is 2. The molecule has 392 valence electrons. The summed E-state index contributed by atoms with van der Waals surface area (Å²) in [6.45, 7) is 15.3. The number of rotatable bonds is 17. The molecule has 2 aromatic carbocycles. The number of ketones is 2. The van der Waals surface area contributed by atoms with Crippen molar-refractivity contribution in [3.63, 3.8) is 0 Å². The molecule has 0 radical (unpaired) electrons. The minimum absolute atomic E-state index is 0.0194. The first kappa shape index (κ1) is 56.8. The maximum absolute atomic E-state index is 14.4. The fraction of sp³-hybridized carbons (Fsp3) is 0.642. The van der Waals surface area contributed by atoms with E-state index in [1.54, 1.807) is 39.8 Å². The van der Waals surface area contributed by atoms with Gasteiger partial charge in [0.2, 0.25) is 5.91 Å². The van der Waals surface area contributed by atoms with Crippen LogP contribution in [0.25, 0.3) is 11.3 Å². The summed E-state index contributed by atoms with van der Waals surface area (Å²) in [6.07, 6.45) is -0.126. The number of cyclic esters (lactones) is 1. The lowest BCUT2D eigenvalue weighted by Gasteiger charge is -2.48. The summed E-state index contributed by atoms with van der Waals surface area (Å²) in [5.41, 5.74) is 6.33. The predicted octanol–water partition coefficient (Wildman–Crippen LogP) is 6.29. The number of methoxy groups -OCH3 is 1. The number of carbonyl (C=O) groups is 5. The van der Waals surface area contributed by atoms with E-state index in [1.807, 2.05) is 61.2 Å². The van der Waals surface area contributed by atoms with E-state index in [2.05, 4.69) is 20.5 Å². The van der Waals surface area contributed by atoms with Gasteiger partial charge in [-0.15, -0.1) is 5.10 Å². The molecule has 5 N–H and O–H groups in total. The maximum Gasteiger partial charge on any atom is 0.316 e. The second kappa shape index (κ2) is 25.0. The number of hydrogen-bond donors (Lipinski definition) is 4. The van der Waals surface area contributed by atoms with Gasteiger partial charge in [0.1, 0.15) is 29.1 Å². The number of aromatic nitrogens is 3. The smallest absolute Gasteiger partial charge is 0.316 e. The zero-order valence-corrected chi connectivity index (χ0v) is 43.5. The van der Waals surface area contributed by atoms with E-state index < -0.39 is 95.4 Å². The van der Waals surface area contributed by atoms with Crippen LogP contribution in [0.2, 0.25) is 0 Å². The van der Waals surface area contributed by atoms with Crippen molar-refractivity contribution < 1.29 is 57.9 Å². The molecule has 2 aliphatic heterocycles. The van der Waals surface area contributed by atoms with Crippen molar-refractivity contribution in [2.24, 2.45) is 23.7 Å². The van der Waals surface area contributed by atoms with Crippen molar-refractivity contribution in [1.29, 1.82) is 0 Å². The normalized spacial score (nSPS) is 31.2. The molecule has 1 aromatic heterocycles. The number of nitrogens with zero attached hydrogens (tertiary/aromatic N) is 4. The zero-order chi connectivity index (χ0) is 52.4. The summed E-state index contributed by atoms with van der Waals surface area (Å²) in [6, 6.07) is 14.8. The van der Waals surface area contributed by atoms with Crippen molar-refractivity contribution in [3.8, 4) is 11.3 Å². The average Bonchev–Trinajstić information content (AvgIpc) is 3.81. The number of ether oxygens (including phenoxy) is 5. The van der Waals surface area contributed by atoms with Crippen LogP contribution in [-0.4, -0.2) is 128 Å². The first-order valence-electron chi connectivity index (χ1n) is 25.1. The maximum atomic E-state index is 14.4. The number of hydrogen-bond acceptors (Lipinski definition) is 16. The number of nitrogens with one attached hydrogen (secondary N) is 1. The molecule has 18 heteroatoms. The molecular weight excluding hydrogens is 913 g/mol. The van der Waals surface area contributed by atoms with Crippen molar-refractivity contribution >= 4 is 40.8 Å². The van der Waals surface area contributed by atoms with Crippen molar-refractivity contribution in [3.05, 3.63) is 60.3 Å². The number of benzene rings is 2. The van der Waals surface area contributed by atoms with Crippen LogP contribution in [-0.2, 0) is 60.7 Å². The Morgan fingerprint density at radius 1 is 0.972 bits per heavy atom. The van der Waals surface area contributed by atoms with Gasteiger partial charge in [0.05, 0.1) is 47.5 Å². The van der Waals surface area contributed by atoms with Gasteiger partial charge >= 0.3 is 11.9 Å². The number of aliphatic hydroxyl groups excluding tert-OH is 1. The average molecular weight is 991 g/mol. The summed E-state index contributed by atoms with van der Waals surface area (Å²) in [5.74, 6) is -6.65. The molecule has 0 bridgehead atoms. The molecule has 2 fully saturated rings. The largest absolute Gasteiger partial charge is 0.459 e. The van der Waals surface area contributed by atoms with Crippen LogP contribution in [0.15, 0.2) is 54.7 Å². The highest BCUT2D eigenvalue weighted by atomic mass is 16.7. The zero-order valence-electron chi connectivity index (χ0n) is 43.5. The van der Waals surface area contributed by atoms with Crippen LogP contribution in [0.5, 0.6) is 0 Å². The second-order valence-electron chi connectivity index (χ2n) is 20.3. The lowest BCUT2D eigenvalue weighted by molar-refractivity contribution is -0.299. The Morgan fingerprint density at radius 2 is 1.65 bits per heavy atom. The molecule has 13 atom stereocenters. The summed E-state index contributed by atoms with van der Waals surface area (Å²) in [4.78, 5) is 69.3. The van der Waals surface area contributed by atoms with E-state index in [0.717, 1.165) is 42.5 Å². The van der Waals surface area contributed by atoms with Crippen LogP contribution in [0.4, 0.5) is 11.4 Å². The molecule has 2 aliphatic rings. The number of aryl methyl sites for hydroxylation is 1. The summed E-state index contributed by atoms with van der Waals surface area (Å²) in [7, 11) is 3.37. The van der Waals surface area contributed by atoms with Crippen LogP contribution in [0.3, 0.4) is 0 Å². The van der Waals surface area contributed by atoms with Gasteiger partial charge in [0.25, 0.3) is 0 Å². The molecule has 71 heavy (non-hydrogen) atoms. The highest BCUT2D eigenvalue weighted by molar-refractivity contribution is 6.00. The fourth-order valence-electron chi connectivity index (χ4n) is 10.1. The van der Waals surface area contributed by atoms with Gasteiger partial charge in [0, 0.05) is 56.9 Å². The van der Waals surface area contributed by atoms with E-state index in [4.69, 9.17) is 29.4 Å². The van der Waals surface area contributed by atoms with Gasteiger partial charge in [0.15, 0.2) is 18.2 Å². The van der Waals surface area contributed by atoms with E-state index >= 15 is 0 Å². The number of esters is 2. The standard InChI is InChI=1S/C53H78N6O12/c1-12-43-53(9,66)48(64)33(4)45(62)31(2)28-52(8,67-11)49(34(5)46(63)35(6)50(65)70-43)71-51-47(69-36(7)60)42(27-32(3)68-51)58(10)29-37-22-24-38(25-23-37)41-30-59(57-56-41)26-18-14-13-15-21-44(61)55-40-20-17-16-19-39(40)54/h16-17,19-20,22-25,30-35,42-43,47-49,51,64,66H,12-15,18,21,26-29,54H2,1-11H3,(H,55,61)/t31-,32-,33+,34+,35-,42+,43-,47-,48-,49-,51+,52-,53-/m1/s1. The number of aliphatic hydroxyl groups is 2. The third-order valence-corrected chi connectivity index (χ3v) is 14.5. The predicted molar refractivity (Wildman–Crippen MR) is 266 cm³/mol. The van der Waals surface area contributed by atoms with Crippen LogP contribution >= 0.6 is 0 Å². The lowest BCUT2D eigenvalue weighted by atomic mass is 9.74. The number of carbonyl (C=O) groups excluding carboxylic acids is 5. The Kier molecular flexibility index (Phi) is 20.0. The van der Waals surface area contributed by atoms with Crippen molar-refractivity contribution in [2.45, 2.75) is 181 Å². The van der Waals surface area contributed by atoms with E-state index in [0.29, 0.717) is 37.3 Å². The van der Waals surface area contributed by atoms with E-state index in [1.165, 1.54) is 34.8 Å². The van der Waals surface area contributed by atoms with Crippen LogP contribution < -0.4 is 11.1 Å². The molecule has 0 unspecified atom stereocenters. The van der Waals surface area contributed by atoms with Gasteiger partial charge in [-0.1, -0.05) is 82.1 Å². The quantitative estimate of drug-likeness (QED) is 0.0502. The molecule has 5 rings (SSSR count). The Morgan fingerprint density at radius 3 is 2.30 bits per heavy atom. The number of nitrogens with two attached hydrogens (primary N) is 1. The van der Waals surface area contributed by atoms with Crippen molar-refractivity contribution in [1.82, 2.24) is 19.9 Å². The first-order valence-corrected chi connectivity index (χ1v) is 25.1. The molecule has 0 aliphatic carbocycles. The summed E-state index contributed by atoms with van der Waals surface area (Å²) in [5, 5.41) is 34.5. The van der Waals surface area contributed by atoms with Crippen molar-refractivity contribution in [2.75, 3.05) is 25.2 Å². The number of anilines is 2. The summed E-state index contributed by atoms with van der Waals surface area (Å²) < 4.78 is 33.0. The topological polar surface area (TPSA) is 244 Å². The molecule has 3 heterocycles. The number of unbranched alkanes of at least 4 members (excludes halogenated alkanes) is 3. The van der Waals surface area contributed by atoms with Gasteiger partial charge < -0.3 is 44.9 Å². The highest BCUT2D eigenvalue weighted by Crippen LogP contribution is 2.39. The molecule has 3 aromatic rings. The minimum atomic E-state index is -2.00. The second-order valence-corrected chi connectivity index (χ2v) is 20.3. The molecule has 0 spiro atoms. The molecule has 1 amide bonds. The van der Waals surface area contributed by atoms with E-state index in [9.17, 15) is 34.2 Å². The van der Waals surface area contributed by atoms with Gasteiger partial charge in [-0.05, 0) is 84.5 Å². The number of amides is 1. The number of likely N-dealkylation sites (N-methyl/N-ethyl adjacent to an activating group) is 1.